The van der Waals surface area contributed by atoms with Crippen LogP contribution in [0.5, 0.6) is 0 Å². The first-order valence-electron chi connectivity index (χ1n) is 8.63. The highest BCUT2D eigenvalue weighted by atomic mass is 32.1. The largest absolute Gasteiger partial charge is 0.442 e. The van der Waals surface area contributed by atoms with Crippen molar-refractivity contribution < 1.29 is 14.1 Å². The van der Waals surface area contributed by atoms with Gasteiger partial charge in [0.2, 0.25) is 17.6 Å². The molecule has 3 aromatic rings. The topological polar surface area (TPSA) is 110 Å². The molecule has 10 heteroatoms. The summed E-state index contributed by atoms with van der Waals surface area (Å²) in [6.45, 7) is 2.11. The predicted molar refractivity (Wildman–Crippen MR) is 102 cm³/mol. The van der Waals surface area contributed by atoms with Gasteiger partial charge in [0, 0.05) is 17.6 Å². The molecule has 0 unspecified atom stereocenters. The summed E-state index contributed by atoms with van der Waals surface area (Å²) in [5.74, 6) is -1.26. The zero-order valence-corrected chi connectivity index (χ0v) is 16.0. The minimum atomic E-state index is -0.757. The van der Waals surface area contributed by atoms with E-state index in [1.807, 2.05) is 17.5 Å². The van der Waals surface area contributed by atoms with Crippen molar-refractivity contribution in [2.45, 2.75) is 20.0 Å². The maximum Gasteiger partial charge on any atom is 0.442 e. The molecule has 0 aromatic carbocycles. The van der Waals surface area contributed by atoms with Crippen LogP contribution in [0.1, 0.15) is 11.8 Å². The van der Waals surface area contributed by atoms with Crippen molar-refractivity contribution in [3.8, 4) is 11.5 Å². The standard InChI is InChI=1S/C18H19N5O4S/c1-2-22(11-15(24)20-10-13-6-5-9-28-13)16(25)12-23-17(21-27-18(23)26)14-7-3-4-8-19-14/h3-9H,2,10-12H2,1H3,(H,20,24). The summed E-state index contributed by atoms with van der Waals surface area (Å²) in [7, 11) is 0. The van der Waals surface area contributed by atoms with Gasteiger partial charge in [0.05, 0.1) is 13.1 Å². The van der Waals surface area contributed by atoms with Crippen molar-refractivity contribution in [2.75, 3.05) is 13.1 Å². The Morgan fingerprint density at radius 1 is 1.29 bits per heavy atom. The lowest BCUT2D eigenvalue weighted by Gasteiger charge is -2.20. The van der Waals surface area contributed by atoms with Gasteiger partial charge in [-0.1, -0.05) is 17.3 Å². The van der Waals surface area contributed by atoms with E-state index in [1.54, 1.807) is 42.7 Å². The molecule has 0 spiro atoms. The van der Waals surface area contributed by atoms with Crippen LogP contribution in [0.15, 0.2) is 51.2 Å². The Morgan fingerprint density at radius 3 is 2.82 bits per heavy atom. The quantitative estimate of drug-likeness (QED) is 0.606. The summed E-state index contributed by atoms with van der Waals surface area (Å²) < 4.78 is 5.80. The molecule has 0 fully saturated rings. The van der Waals surface area contributed by atoms with E-state index >= 15 is 0 Å². The second kappa shape index (κ2) is 9.09. The van der Waals surface area contributed by atoms with E-state index in [4.69, 9.17) is 4.52 Å². The van der Waals surface area contributed by atoms with E-state index in [0.29, 0.717) is 18.8 Å². The van der Waals surface area contributed by atoms with Crippen LogP contribution in [0.25, 0.3) is 11.5 Å². The average Bonchev–Trinajstić information content (AvgIpc) is 3.35. The fraction of sp³-hybridized carbons (Fsp3) is 0.278. The SMILES string of the molecule is CCN(CC(=O)NCc1cccs1)C(=O)Cn1c(-c2ccccn2)noc1=O. The maximum absolute atomic E-state index is 12.6. The number of amides is 2. The predicted octanol–water partition coefficient (Wildman–Crippen LogP) is 1.12. The number of nitrogens with zero attached hydrogens (tertiary/aromatic N) is 4. The van der Waals surface area contributed by atoms with Crippen molar-refractivity contribution in [3.63, 3.8) is 0 Å². The summed E-state index contributed by atoms with van der Waals surface area (Å²) in [6, 6.07) is 8.96. The van der Waals surface area contributed by atoms with Gasteiger partial charge >= 0.3 is 5.76 Å². The number of rotatable bonds is 8. The van der Waals surface area contributed by atoms with Crippen LogP contribution in [-0.4, -0.2) is 44.5 Å². The lowest BCUT2D eigenvalue weighted by Crippen LogP contribution is -2.42. The third-order valence-corrected chi connectivity index (χ3v) is 4.86. The van der Waals surface area contributed by atoms with E-state index < -0.39 is 11.7 Å². The number of hydrogen-bond acceptors (Lipinski definition) is 7. The van der Waals surface area contributed by atoms with E-state index in [2.05, 4.69) is 15.5 Å². The van der Waals surface area contributed by atoms with E-state index in [0.717, 1.165) is 9.44 Å². The Hall–Kier alpha value is -3.27. The zero-order valence-electron chi connectivity index (χ0n) is 15.2. The number of hydrogen-bond donors (Lipinski definition) is 1. The average molecular weight is 401 g/mol. The maximum atomic E-state index is 12.6. The number of carbonyl (C=O) groups is 2. The molecule has 0 aliphatic carbocycles. The van der Waals surface area contributed by atoms with E-state index in [1.165, 1.54) is 4.90 Å². The van der Waals surface area contributed by atoms with Gasteiger partial charge < -0.3 is 10.2 Å². The van der Waals surface area contributed by atoms with Crippen molar-refractivity contribution in [2.24, 2.45) is 0 Å². The second-order valence-electron chi connectivity index (χ2n) is 5.84. The molecule has 2 amide bonds. The Labute approximate surface area is 164 Å². The minimum Gasteiger partial charge on any atom is -0.350 e. The van der Waals surface area contributed by atoms with E-state index in [9.17, 15) is 14.4 Å². The minimum absolute atomic E-state index is 0.0976. The molecule has 0 radical (unpaired) electrons. The highest BCUT2D eigenvalue weighted by Crippen LogP contribution is 2.12. The zero-order chi connectivity index (χ0) is 19.9. The highest BCUT2D eigenvalue weighted by Gasteiger charge is 2.21. The molecule has 28 heavy (non-hydrogen) atoms. The number of likely N-dealkylation sites (N-methyl/N-ethyl adjacent to an activating group) is 1. The molecule has 0 aliphatic rings. The number of aromatic nitrogens is 3. The number of pyridine rings is 1. The first kappa shape index (κ1) is 19.5. The Balaban J connectivity index is 1.65. The number of thiophene rings is 1. The van der Waals surface area contributed by atoms with Gasteiger partial charge in [-0.15, -0.1) is 11.3 Å². The van der Waals surface area contributed by atoms with Crippen molar-refractivity contribution in [1.82, 2.24) is 24.9 Å². The summed E-state index contributed by atoms with van der Waals surface area (Å²) in [5, 5.41) is 8.42. The first-order valence-corrected chi connectivity index (χ1v) is 9.51. The van der Waals surface area contributed by atoms with Crippen molar-refractivity contribution in [3.05, 3.63) is 57.3 Å². The monoisotopic (exact) mass is 401 g/mol. The van der Waals surface area contributed by atoms with Crippen molar-refractivity contribution >= 4 is 23.2 Å². The lowest BCUT2D eigenvalue weighted by atomic mass is 10.3. The summed E-state index contributed by atoms with van der Waals surface area (Å²) >= 11 is 1.54. The molecule has 1 N–H and O–H groups in total. The fourth-order valence-corrected chi connectivity index (χ4v) is 3.17. The smallest absolute Gasteiger partial charge is 0.350 e. The molecule has 3 rings (SSSR count). The lowest BCUT2D eigenvalue weighted by molar-refractivity contribution is -0.136. The summed E-state index contributed by atoms with van der Waals surface area (Å²) in [6.07, 6.45) is 1.55. The van der Waals surface area contributed by atoms with Gasteiger partial charge in [0.1, 0.15) is 12.2 Å². The first-order chi connectivity index (χ1) is 13.6. The fourth-order valence-electron chi connectivity index (χ4n) is 2.53. The highest BCUT2D eigenvalue weighted by molar-refractivity contribution is 7.09. The number of carbonyl (C=O) groups excluding carboxylic acids is 2. The van der Waals surface area contributed by atoms with Crippen molar-refractivity contribution in [1.29, 1.82) is 0 Å². The van der Waals surface area contributed by atoms with Gasteiger partial charge in [0.25, 0.3) is 0 Å². The third-order valence-electron chi connectivity index (χ3n) is 3.98. The van der Waals surface area contributed by atoms with Gasteiger partial charge in [-0.2, -0.15) is 0 Å². The molecule has 0 atom stereocenters. The second-order valence-corrected chi connectivity index (χ2v) is 6.87. The van der Waals surface area contributed by atoms with Gasteiger partial charge in [-0.05, 0) is 30.5 Å². The van der Waals surface area contributed by atoms with Crippen LogP contribution >= 0.6 is 11.3 Å². The molecular weight excluding hydrogens is 382 g/mol. The van der Waals surface area contributed by atoms with Gasteiger partial charge in [-0.3, -0.25) is 19.1 Å². The molecule has 0 saturated heterocycles. The van der Waals surface area contributed by atoms with Crippen LogP contribution in [0.2, 0.25) is 0 Å². The molecule has 0 bridgehead atoms. The third kappa shape index (κ3) is 4.71. The number of nitrogens with one attached hydrogen (secondary N) is 1. The molecule has 0 saturated carbocycles. The molecule has 3 heterocycles. The molecule has 146 valence electrons. The van der Waals surface area contributed by atoms with Gasteiger partial charge in [0.15, 0.2) is 0 Å². The van der Waals surface area contributed by atoms with Crippen LogP contribution in [0.4, 0.5) is 0 Å². The van der Waals surface area contributed by atoms with Crippen LogP contribution < -0.4 is 11.1 Å². The molecule has 0 aliphatic heterocycles. The van der Waals surface area contributed by atoms with Crippen LogP contribution in [0, 0.1) is 0 Å². The normalized spacial score (nSPS) is 10.6. The summed E-state index contributed by atoms with van der Waals surface area (Å²) in [4.78, 5) is 43.3. The Morgan fingerprint density at radius 2 is 2.14 bits per heavy atom. The Kier molecular flexibility index (Phi) is 6.33. The Bertz CT molecular complexity index is 981. The molecule has 9 nitrogen and oxygen atoms in total. The van der Waals surface area contributed by atoms with Crippen LogP contribution in [0.3, 0.4) is 0 Å². The molecule has 3 aromatic heterocycles. The van der Waals surface area contributed by atoms with E-state index in [-0.39, 0.29) is 24.8 Å². The summed E-state index contributed by atoms with van der Waals surface area (Å²) in [5.41, 5.74) is 0.415. The van der Waals surface area contributed by atoms with Gasteiger partial charge in [-0.25, -0.2) is 9.36 Å². The van der Waals surface area contributed by atoms with Crippen LogP contribution in [-0.2, 0) is 22.7 Å². The molecular formula is C18H19N5O4S.